The van der Waals surface area contributed by atoms with Gasteiger partial charge in [0.25, 0.3) is 0 Å². The van der Waals surface area contributed by atoms with Crippen LogP contribution >= 0.6 is 24.8 Å². The van der Waals surface area contributed by atoms with Crippen molar-refractivity contribution in [2.75, 3.05) is 63.9 Å². The molecule has 4 heterocycles. The van der Waals surface area contributed by atoms with Gasteiger partial charge in [-0.15, -0.1) is 24.8 Å². The molecule has 4 atom stereocenters. The molecule has 0 radical (unpaired) electrons. The Balaban J connectivity index is 0.00000200. The zero-order valence-corrected chi connectivity index (χ0v) is 24.5. The Morgan fingerprint density at radius 1 is 0.947 bits per heavy atom. The SMILES string of the molecule is CCOC(=O)CCCC1C2CCCN3CCCC(CN1C(=O)CN1CCN(c4ccccc4)CC1)C23.Cl.Cl. The molecule has 0 saturated carbocycles. The summed E-state index contributed by atoms with van der Waals surface area (Å²) in [7, 11) is 0. The molecule has 38 heavy (non-hydrogen) atoms. The minimum Gasteiger partial charge on any atom is -0.466 e. The average Bonchev–Trinajstić information content (AvgIpc) is 2.91. The number of ether oxygens (including phenoxy) is 1. The number of amides is 1. The maximum absolute atomic E-state index is 13.8. The molecule has 9 heteroatoms. The number of hydrogen-bond donors (Lipinski definition) is 0. The Labute approximate surface area is 241 Å². The standard InChI is InChI=1S/C29H44N4O3.2ClH/c1-2-36-28(35)14-6-13-26-25-12-8-16-32-15-7-9-23(29(25)32)21-33(26)27(34)22-30-17-19-31(20-18-30)24-10-4-3-5-11-24;;/h3-5,10-11,23,25-26,29H,2,6-9,12-22H2,1H3;2*1H. The van der Waals surface area contributed by atoms with E-state index >= 15 is 0 Å². The molecular weight excluding hydrogens is 523 g/mol. The quantitative estimate of drug-likeness (QED) is 0.440. The zero-order chi connectivity index (χ0) is 24.9. The van der Waals surface area contributed by atoms with Crippen LogP contribution in [0.1, 0.15) is 51.9 Å². The van der Waals surface area contributed by atoms with Crippen molar-refractivity contribution >= 4 is 42.4 Å². The highest BCUT2D eigenvalue weighted by molar-refractivity contribution is 5.85. The average molecular weight is 570 g/mol. The van der Waals surface area contributed by atoms with Crippen molar-refractivity contribution in [3.63, 3.8) is 0 Å². The van der Waals surface area contributed by atoms with Gasteiger partial charge in [0.05, 0.1) is 13.2 Å². The lowest BCUT2D eigenvalue weighted by Crippen LogP contribution is -2.66. The van der Waals surface area contributed by atoms with Crippen LogP contribution < -0.4 is 4.90 Å². The van der Waals surface area contributed by atoms with Crippen molar-refractivity contribution < 1.29 is 14.3 Å². The van der Waals surface area contributed by atoms with Crippen molar-refractivity contribution in [3.05, 3.63) is 30.3 Å². The second kappa shape index (κ2) is 14.7. The van der Waals surface area contributed by atoms with Gasteiger partial charge in [-0.3, -0.25) is 19.4 Å². The Kier molecular flexibility index (Phi) is 12.0. The van der Waals surface area contributed by atoms with Gasteiger partial charge >= 0.3 is 5.97 Å². The number of rotatable bonds is 8. The fourth-order valence-electron chi connectivity index (χ4n) is 7.43. The maximum atomic E-state index is 13.8. The van der Waals surface area contributed by atoms with Crippen LogP contribution in [0.2, 0.25) is 0 Å². The van der Waals surface area contributed by atoms with Gasteiger partial charge in [0.15, 0.2) is 0 Å². The van der Waals surface area contributed by atoms with Crippen molar-refractivity contribution in [2.45, 2.75) is 64.0 Å². The van der Waals surface area contributed by atoms with E-state index in [4.69, 9.17) is 4.74 Å². The monoisotopic (exact) mass is 568 g/mol. The van der Waals surface area contributed by atoms with Gasteiger partial charge < -0.3 is 14.5 Å². The van der Waals surface area contributed by atoms with E-state index < -0.39 is 0 Å². The van der Waals surface area contributed by atoms with Gasteiger partial charge in [0, 0.05) is 56.9 Å². The molecular formula is C29H46Cl2N4O3. The summed E-state index contributed by atoms with van der Waals surface area (Å²) in [5.74, 6) is 1.33. The molecule has 4 aliphatic rings. The van der Waals surface area contributed by atoms with E-state index in [2.05, 4.69) is 49.9 Å². The predicted molar refractivity (Wildman–Crippen MR) is 156 cm³/mol. The van der Waals surface area contributed by atoms with Crippen LogP contribution in [0, 0.1) is 11.8 Å². The summed E-state index contributed by atoms with van der Waals surface area (Å²) in [5.41, 5.74) is 1.27. The molecule has 0 aliphatic carbocycles. The van der Waals surface area contributed by atoms with E-state index in [1.165, 1.54) is 44.5 Å². The van der Waals surface area contributed by atoms with E-state index in [9.17, 15) is 9.59 Å². The van der Waals surface area contributed by atoms with Gasteiger partial charge in [-0.2, -0.15) is 0 Å². The normalized spacial score (nSPS) is 27.5. The summed E-state index contributed by atoms with van der Waals surface area (Å²) in [6.45, 7) is 9.90. The van der Waals surface area contributed by atoms with Gasteiger partial charge in [-0.25, -0.2) is 0 Å². The Hall–Kier alpha value is -1.54. The number of benzene rings is 1. The molecule has 0 bridgehead atoms. The first-order valence-electron chi connectivity index (χ1n) is 14.4. The van der Waals surface area contributed by atoms with Crippen molar-refractivity contribution in [2.24, 2.45) is 11.8 Å². The van der Waals surface area contributed by atoms with E-state index in [-0.39, 0.29) is 36.8 Å². The number of carbonyl (C=O) groups is 2. The minimum absolute atomic E-state index is 0. The van der Waals surface area contributed by atoms with Gasteiger partial charge in [-0.05, 0) is 82.5 Å². The van der Waals surface area contributed by atoms with Crippen LogP contribution in [0.4, 0.5) is 5.69 Å². The van der Waals surface area contributed by atoms with Gasteiger partial charge in [0.1, 0.15) is 0 Å². The molecule has 1 aromatic rings. The van der Waals surface area contributed by atoms with Crippen LogP contribution in [0.3, 0.4) is 0 Å². The third kappa shape index (κ3) is 7.15. The van der Waals surface area contributed by atoms with Crippen LogP contribution in [-0.2, 0) is 14.3 Å². The number of likely N-dealkylation sites (tertiary alicyclic amines) is 1. The summed E-state index contributed by atoms with van der Waals surface area (Å²) in [4.78, 5) is 35.6. The fourth-order valence-corrected chi connectivity index (χ4v) is 7.43. The lowest BCUT2D eigenvalue weighted by molar-refractivity contribution is -0.148. The molecule has 1 amide bonds. The summed E-state index contributed by atoms with van der Waals surface area (Å²) in [6, 6.07) is 11.5. The number of carbonyl (C=O) groups excluding carboxylic acids is 2. The molecule has 214 valence electrons. The second-order valence-corrected chi connectivity index (χ2v) is 11.1. The summed E-state index contributed by atoms with van der Waals surface area (Å²) < 4.78 is 5.18. The molecule has 0 aromatic heterocycles. The topological polar surface area (TPSA) is 56.3 Å². The first-order valence-corrected chi connectivity index (χ1v) is 14.4. The summed E-state index contributed by atoms with van der Waals surface area (Å²) >= 11 is 0. The lowest BCUT2D eigenvalue weighted by Gasteiger charge is -2.57. The Bertz CT molecular complexity index is 882. The number of piperidine rings is 3. The number of nitrogens with zero attached hydrogens (tertiary/aromatic N) is 4. The third-order valence-electron chi connectivity index (χ3n) is 9.03. The van der Waals surface area contributed by atoms with Crippen molar-refractivity contribution in [3.8, 4) is 0 Å². The number of esters is 1. The highest BCUT2D eigenvalue weighted by atomic mass is 35.5. The van der Waals surface area contributed by atoms with E-state index in [1.807, 2.05) is 6.92 Å². The molecule has 0 spiro atoms. The predicted octanol–water partition coefficient (Wildman–Crippen LogP) is 4.09. The molecule has 1 aromatic carbocycles. The zero-order valence-electron chi connectivity index (χ0n) is 22.8. The van der Waals surface area contributed by atoms with Gasteiger partial charge in [-0.1, -0.05) is 18.2 Å². The molecule has 4 fully saturated rings. The highest BCUT2D eigenvalue weighted by Crippen LogP contribution is 2.43. The molecule has 7 nitrogen and oxygen atoms in total. The molecule has 0 N–H and O–H groups in total. The third-order valence-corrected chi connectivity index (χ3v) is 9.03. The summed E-state index contributed by atoms with van der Waals surface area (Å²) in [6.07, 6.45) is 7.11. The number of piperazine rings is 1. The first kappa shape index (κ1) is 31.0. The van der Waals surface area contributed by atoms with Crippen molar-refractivity contribution in [1.29, 1.82) is 0 Å². The summed E-state index contributed by atoms with van der Waals surface area (Å²) in [5, 5.41) is 0. The van der Waals surface area contributed by atoms with Crippen LogP contribution in [0.15, 0.2) is 30.3 Å². The maximum Gasteiger partial charge on any atom is 0.305 e. The van der Waals surface area contributed by atoms with Crippen LogP contribution in [-0.4, -0.2) is 97.6 Å². The van der Waals surface area contributed by atoms with Crippen LogP contribution in [0.5, 0.6) is 0 Å². The Morgan fingerprint density at radius 2 is 1.66 bits per heavy atom. The lowest BCUT2D eigenvalue weighted by atomic mass is 9.69. The van der Waals surface area contributed by atoms with E-state index in [0.29, 0.717) is 43.4 Å². The largest absolute Gasteiger partial charge is 0.466 e. The van der Waals surface area contributed by atoms with E-state index in [0.717, 1.165) is 45.6 Å². The van der Waals surface area contributed by atoms with E-state index in [1.54, 1.807) is 0 Å². The van der Waals surface area contributed by atoms with Crippen molar-refractivity contribution in [1.82, 2.24) is 14.7 Å². The second-order valence-electron chi connectivity index (χ2n) is 11.1. The number of para-hydroxylation sites is 1. The fraction of sp³-hybridized carbons (Fsp3) is 0.724. The number of halogens is 2. The minimum atomic E-state index is -0.108. The van der Waals surface area contributed by atoms with Crippen LogP contribution in [0.25, 0.3) is 0 Å². The Morgan fingerprint density at radius 3 is 2.37 bits per heavy atom. The smallest absolute Gasteiger partial charge is 0.305 e. The molecule has 4 saturated heterocycles. The highest BCUT2D eigenvalue weighted by Gasteiger charge is 2.49. The first-order chi connectivity index (χ1) is 17.6. The van der Waals surface area contributed by atoms with Gasteiger partial charge in [0.2, 0.25) is 5.91 Å². The number of hydrogen-bond acceptors (Lipinski definition) is 6. The number of anilines is 1. The molecule has 5 rings (SSSR count). The molecule has 4 aliphatic heterocycles. The molecule has 4 unspecified atom stereocenters.